The van der Waals surface area contributed by atoms with E-state index < -0.39 is 53.0 Å². The third kappa shape index (κ3) is 3.19. The molecule has 7 heteroatoms. The molecule has 0 aromatic rings. The van der Waals surface area contributed by atoms with E-state index in [0.717, 1.165) is 6.42 Å². The number of aliphatic hydroxyl groups excluding tert-OH is 1. The first-order chi connectivity index (χ1) is 13.4. The summed E-state index contributed by atoms with van der Waals surface area (Å²) in [5.41, 5.74) is -1.00. The average molecular weight is 406 g/mol. The smallest absolute Gasteiger partial charge is 0.336 e. The molecule has 1 aliphatic heterocycles. The molecule has 2 saturated carbocycles. The van der Waals surface area contributed by atoms with Crippen molar-refractivity contribution in [2.24, 2.45) is 22.7 Å². The van der Waals surface area contributed by atoms with Gasteiger partial charge in [0.05, 0.1) is 11.7 Å². The third-order valence-electron chi connectivity index (χ3n) is 7.33. The molecule has 0 radical (unpaired) electrons. The zero-order valence-corrected chi connectivity index (χ0v) is 17.5. The minimum absolute atomic E-state index is 0.0354. The van der Waals surface area contributed by atoms with Gasteiger partial charge in [0.15, 0.2) is 0 Å². The summed E-state index contributed by atoms with van der Waals surface area (Å²) in [6.07, 6.45) is -0.656. The number of carbonyl (C=O) groups excluding carboxylic acids is 3. The van der Waals surface area contributed by atoms with Gasteiger partial charge in [0, 0.05) is 12.8 Å². The second kappa shape index (κ2) is 7.27. The molecule has 0 amide bonds. The Labute approximate surface area is 171 Å². The monoisotopic (exact) mass is 406 g/mol. The Morgan fingerprint density at radius 1 is 1.31 bits per heavy atom. The number of esters is 3. The van der Waals surface area contributed by atoms with Gasteiger partial charge in [0.2, 0.25) is 0 Å². The highest BCUT2D eigenvalue weighted by molar-refractivity contribution is 5.89. The van der Waals surface area contributed by atoms with Crippen molar-refractivity contribution in [2.45, 2.75) is 65.3 Å². The van der Waals surface area contributed by atoms with E-state index in [-0.39, 0.29) is 18.1 Å². The summed E-state index contributed by atoms with van der Waals surface area (Å²) >= 11 is 0. The number of hydrogen-bond acceptors (Lipinski definition) is 7. The van der Waals surface area contributed by atoms with Crippen molar-refractivity contribution >= 4 is 17.9 Å². The molecule has 29 heavy (non-hydrogen) atoms. The van der Waals surface area contributed by atoms with Crippen LogP contribution in [0.1, 0.15) is 47.0 Å². The van der Waals surface area contributed by atoms with E-state index in [9.17, 15) is 19.5 Å². The number of cyclic esters (lactones) is 1. The summed E-state index contributed by atoms with van der Waals surface area (Å²) in [6, 6.07) is 0. The lowest BCUT2D eigenvalue weighted by Crippen LogP contribution is -2.50. The van der Waals surface area contributed by atoms with Crippen molar-refractivity contribution in [2.75, 3.05) is 6.61 Å². The van der Waals surface area contributed by atoms with Crippen LogP contribution in [0.3, 0.4) is 0 Å². The molecule has 1 spiro atoms. The van der Waals surface area contributed by atoms with E-state index in [0.29, 0.717) is 18.4 Å². The maximum absolute atomic E-state index is 12.9. The van der Waals surface area contributed by atoms with Crippen LogP contribution in [0.4, 0.5) is 0 Å². The summed E-state index contributed by atoms with van der Waals surface area (Å²) in [4.78, 5) is 37.4. The number of carbonyl (C=O) groups is 3. The first-order valence-electron chi connectivity index (χ1n) is 10.1. The van der Waals surface area contributed by atoms with Crippen LogP contribution in [0.15, 0.2) is 24.3 Å². The molecular formula is C22H30O7. The van der Waals surface area contributed by atoms with Gasteiger partial charge >= 0.3 is 17.9 Å². The molecule has 0 aromatic carbocycles. The standard InChI is InChI=1S/C22H30O7/c1-11-7-8-16(29-19(25)13(3)14(4)23)17-18(28-15(5)24)22(10-21(11,17)6)12(2)9-27-20(22)26/h11,14,16-18,23H,2-3,7-10H2,1,4-6H3. The molecule has 7 unspecified atom stereocenters. The van der Waals surface area contributed by atoms with E-state index in [1.807, 2.05) is 0 Å². The van der Waals surface area contributed by atoms with Crippen LogP contribution in [0.2, 0.25) is 0 Å². The van der Waals surface area contributed by atoms with Gasteiger partial charge in [-0.25, -0.2) is 4.79 Å². The molecule has 2 aliphatic carbocycles. The Balaban J connectivity index is 2.04. The number of rotatable bonds is 4. The van der Waals surface area contributed by atoms with Crippen LogP contribution in [0.5, 0.6) is 0 Å². The quantitative estimate of drug-likeness (QED) is 0.331. The van der Waals surface area contributed by atoms with Gasteiger partial charge in [-0.2, -0.15) is 0 Å². The van der Waals surface area contributed by atoms with Gasteiger partial charge in [-0.1, -0.05) is 27.0 Å². The Morgan fingerprint density at radius 3 is 2.48 bits per heavy atom. The highest BCUT2D eigenvalue weighted by Crippen LogP contribution is 2.66. The maximum Gasteiger partial charge on any atom is 0.336 e. The predicted octanol–water partition coefficient (Wildman–Crippen LogP) is 2.32. The highest BCUT2D eigenvalue weighted by Gasteiger charge is 2.72. The normalized spacial score (nSPS) is 39.6. The fourth-order valence-corrected chi connectivity index (χ4v) is 5.46. The third-order valence-corrected chi connectivity index (χ3v) is 7.33. The van der Waals surface area contributed by atoms with E-state index in [2.05, 4.69) is 27.0 Å². The Bertz CT molecular complexity index is 751. The van der Waals surface area contributed by atoms with Crippen LogP contribution < -0.4 is 0 Å². The van der Waals surface area contributed by atoms with E-state index in [4.69, 9.17) is 14.2 Å². The van der Waals surface area contributed by atoms with Crippen molar-refractivity contribution in [3.63, 3.8) is 0 Å². The molecule has 160 valence electrons. The zero-order valence-electron chi connectivity index (χ0n) is 17.5. The summed E-state index contributed by atoms with van der Waals surface area (Å²) in [5.74, 6) is -1.82. The highest BCUT2D eigenvalue weighted by atomic mass is 16.6. The summed E-state index contributed by atoms with van der Waals surface area (Å²) in [7, 11) is 0. The van der Waals surface area contributed by atoms with Crippen LogP contribution in [-0.4, -0.2) is 47.9 Å². The van der Waals surface area contributed by atoms with E-state index in [1.54, 1.807) is 0 Å². The molecular weight excluding hydrogens is 376 g/mol. The largest absolute Gasteiger partial charge is 0.461 e. The van der Waals surface area contributed by atoms with Gasteiger partial charge in [0.1, 0.15) is 24.2 Å². The summed E-state index contributed by atoms with van der Waals surface area (Å²) in [5, 5.41) is 9.67. The van der Waals surface area contributed by atoms with Crippen molar-refractivity contribution in [1.29, 1.82) is 0 Å². The zero-order chi connectivity index (χ0) is 21.7. The average Bonchev–Trinajstić information content (AvgIpc) is 3.07. The Morgan fingerprint density at radius 2 is 1.97 bits per heavy atom. The predicted molar refractivity (Wildman–Crippen MR) is 103 cm³/mol. The molecule has 3 fully saturated rings. The Hall–Kier alpha value is -2.15. The van der Waals surface area contributed by atoms with Gasteiger partial charge in [-0.15, -0.1) is 0 Å². The summed E-state index contributed by atoms with van der Waals surface area (Å²) in [6.45, 7) is 14.7. The SMILES string of the molecule is C=C(C(=O)OC1CCC(C)C2(C)CC3(C(=C)COC3=O)C(OC(C)=O)C12)C(C)O. The molecule has 1 N–H and O–H groups in total. The van der Waals surface area contributed by atoms with Crippen molar-refractivity contribution in [3.05, 3.63) is 24.3 Å². The van der Waals surface area contributed by atoms with Gasteiger partial charge in [-0.05, 0) is 43.1 Å². The molecule has 3 aliphatic rings. The minimum atomic E-state index is -1.13. The van der Waals surface area contributed by atoms with Gasteiger partial charge in [-0.3, -0.25) is 9.59 Å². The number of fused-ring (bicyclic) bond motifs is 1. The molecule has 1 saturated heterocycles. The number of aliphatic hydroxyl groups is 1. The summed E-state index contributed by atoms with van der Waals surface area (Å²) < 4.78 is 16.8. The molecule has 0 bridgehead atoms. The fourth-order valence-electron chi connectivity index (χ4n) is 5.46. The minimum Gasteiger partial charge on any atom is -0.461 e. The van der Waals surface area contributed by atoms with Gasteiger partial charge in [0.25, 0.3) is 0 Å². The van der Waals surface area contributed by atoms with Crippen molar-refractivity contribution in [1.82, 2.24) is 0 Å². The van der Waals surface area contributed by atoms with Crippen LogP contribution in [-0.2, 0) is 28.6 Å². The van der Waals surface area contributed by atoms with Crippen LogP contribution >= 0.6 is 0 Å². The van der Waals surface area contributed by atoms with Gasteiger partial charge < -0.3 is 19.3 Å². The molecule has 0 aromatic heterocycles. The molecule has 1 heterocycles. The fraction of sp³-hybridized carbons (Fsp3) is 0.682. The van der Waals surface area contributed by atoms with Crippen LogP contribution in [0, 0.1) is 22.7 Å². The maximum atomic E-state index is 12.9. The number of ether oxygens (including phenoxy) is 3. The van der Waals surface area contributed by atoms with Crippen molar-refractivity contribution < 1.29 is 33.7 Å². The molecule has 3 rings (SSSR count). The lowest BCUT2D eigenvalue weighted by molar-refractivity contribution is -0.173. The lowest BCUT2D eigenvalue weighted by atomic mass is 9.61. The van der Waals surface area contributed by atoms with Crippen molar-refractivity contribution in [3.8, 4) is 0 Å². The molecule has 7 nitrogen and oxygen atoms in total. The second-order valence-electron chi connectivity index (χ2n) is 9.01. The first kappa shape index (κ1) is 21.6. The molecule has 7 atom stereocenters. The second-order valence-corrected chi connectivity index (χ2v) is 9.01. The van der Waals surface area contributed by atoms with E-state index in [1.165, 1.54) is 13.8 Å². The number of hydrogen-bond donors (Lipinski definition) is 1. The van der Waals surface area contributed by atoms with Crippen LogP contribution in [0.25, 0.3) is 0 Å². The Kier molecular flexibility index (Phi) is 5.41. The van der Waals surface area contributed by atoms with E-state index >= 15 is 0 Å². The topological polar surface area (TPSA) is 99.1 Å². The first-order valence-corrected chi connectivity index (χ1v) is 10.1. The lowest BCUT2D eigenvalue weighted by Gasteiger charge is -2.46.